The minimum Gasteiger partial charge on any atom is -0.356 e. The van der Waals surface area contributed by atoms with E-state index in [0.717, 1.165) is 45.4 Å². The van der Waals surface area contributed by atoms with Crippen LogP contribution in [0.15, 0.2) is 4.99 Å². The summed E-state index contributed by atoms with van der Waals surface area (Å²) in [4.78, 5) is 6.62. The number of halogens is 3. The summed E-state index contributed by atoms with van der Waals surface area (Å²) in [7, 11) is -3.54. The second-order valence-corrected chi connectivity index (χ2v) is 9.30. The molecule has 0 aromatic rings. The van der Waals surface area contributed by atoms with E-state index in [1.54, 1.807) is 7.05 Å². The molecule has 29 heavy (non-hydrogen) atoms. The van der Waals surface area contributed by atoms with Crippen LogP contribution in [0.1, 0.15) is 46.0 Å². The van der Waals surface area contributed by atoms with Crippen LogP contribution in [0.4, 0.5) is 13.2 Å². The minimum atomic E-state index is -5.23. The lowest BCUT2D eigenvalue weighted by molar-refractivity contribution is -0.0496. The van der Waals surface area contributed by atoms with E-state index >= 15 is 0 Å². The summed E-state index contributed by atoms with van der Waals surface area (Å²) in [6.07, 6.45) is 4.05. The first-order valence-corrected chi connectivity index (χ1v) is 11.8. The highest BCUT2D eigenvalue weighted by molar-refractivity contribution is 7.90. The number of piperidine rings is 1. The van der Waals surface area contributed by atoms with Crippen molar-refractivity contribution in [1.29, 1.82) is 0 Å². The molecule has 0 bridgehead atoms. The first-order chi connectivity index (χ1) is 13.7. The Morgan fingerprint density at radius 2 is 1.69 bits per heavy atom. The molecular weight excluding hydrogens is 407 g/mol. The lowest BCUT2D eigenvalue weighted by Gasteiger charge is -2.31. The molecule has 0 spiro atoms. The lowest BCUT2D eigenvalue weighted by atomic mass is 9.98. The van der Waals surface area contributed by atoms with Crippen LogP contribution >= 0.6 is 0 Å². The van der Waals surface area contributed by atoms with Gasteiger partial charge in [0.2, 0.25) is 0 Å². The number of nitrogens with one attached hydrogen (secondary N) is 2. The van der Waals surface area contributed by atoms with E-state index in [1.165, 1.54) is 0 Å². The smallest absolute Gasteiger partial charge is 0.356 e. The molecule has 1 aliphatic heterocycles. The van der Waals surface area contributed by atoms with E-state index in [0.29, 0.717) is 29.7 Å². The summed E-state index contributed by atoms with van der Waals surface area (Å²) in [5, 5.41) is 6.46. The summed E-state index contributed by atoms with van der Waals surface area (Å²) >= 11 is 0. The first-order valence-electron chi connectivity index (χ1n) is 10.4. The predicted octanol–water partition coefficient (Wildman–Crippen LogP) is 2.23. The van der Waals surface area contributed by atoms with Gasteiger partial charge in [0.1, 0.15) is 0 Å². The molecule has 7 nitrogen and oxygen atoms in total. The largest absolute Gasteiger partial charge is 0.511 e. The Balaban J connectivity index is 2.31. The molecule has 1 aliphatic rings. The van der Waals surface area contributed by atoms with Gasteiger partial charge in [0, 0.05) is 33.2 Å². The molecule has 1 fully saturated rings. The topological polar surface area (TPSA) is 77.0 Å². The number of aliphatic imine (C=N–C) groups is 1. The van der Waals surface area contributed by atoms with E-state index in [1.807, 2.05) is 0 Å². The highest BCUT2D eigenvalue weighted by Crippen LogP contribution is 2.30. The number of hydrogen-bond acceptors (Lipinski definition) is 4. The predicted molar refractivity (Wildman–Crippen MR) is 110 cm³/mol. The molecule has 172 valence electrons. The molecule has 0 saturated carbocycles. The van der Waals surface area contributed by atoms with Crippen LogP contribution in [0.25, 0.3) is 0 Å². The van der Waals surface area contributed by atoms with Crippen molar-refractivity contribution in [1.82, 2.24) is 19.8 Å². The Bertz CT molecular complexity index is 585. The van der Waals surface area contributed by atoms with Crippen LogP contribution in [-0.4, -0.2) is 82.0 Å². The van der Waals surface area contributed by atoms with Gasteiger partial charge in [-0.3, -0.25) is 4.99 Å². The Morgan fingerprint density at radius 3 is 2.17 bits per heavy atom. The minimum absolute atomic E-state index is 0.106. The zero-order valence-electron chi connectivity index (χ0n) is 17.8. The van der Waals surface area contributed by atoms with Crippen molar-refractivity contribution in [3.63, 3.8) is 0 Å². The van der Waals surface area contributed by atoms with Gasteiger partial charge in [0.15, 0.2) is 5.96 Å². The molecule has 0 unspecified atom stereocenters. The number of sulfonamides is 1. The maximum atomic E-state index is 12.6. The molecule has 0 radical (unpaired) electrons. The van der Waals surface area contributed by atoms with Gasteiger partial charge < -0.3 is 15.5 Å². The van der Waals surface area contributed by atoms with Gasteiger partial charge >= 0.3 is 15.5 Å². The molecule has 1 heterocycles. The normalized spacial score (nSPS) is 17.7. The van der Waals surface area contributed by atoms with Gasteiger partial charge in [0.05, 0.1) is 0 Å². The number of nitrogens with zero attached hydrogens (tertiary/aromatic N) is 3. The molecule has 0 aliphatic carbocycles. The average Bonchev–Trinajstić information content (AvgIpc) is 2.67. The van der Waals surface area contributed by atoms with Crippen molar-refractivity contribution in [2.45, 2.75) is 51.5 Å². The summed E-state index contributed by atoms with van der Waals surface area (Å²) in [5.41, 5.74) is -5.23. The van der Waals surface area contributed by atoms with Crippen molar-refractivity contribution in [3.05, 3.63) is 0 Å². The Kier molecular flexibility index (Phi) is 11.3. The number of guanidine groups is 1. The van der Waals surface area contributed by atoms with E-state index < -0.39 is 15.5 Å². The van der Waals surface area contributed by atoms with Crippen molar-refractivity contribution in [2.24, 2.45) is 10.9 Å². The van der Waals surface area contributed by atoms with E-state index in [-0.39, 0.29) is 19.0 Å². The Labute approximate surface area is 173 Å². The van der Waals surface area contributed by atoms with Gasteiger partial charge in [-0.05, 0) is 57.7 Å². The van der Waals surface area contributed by atoms with Crippen LogP contribution < -0.4 is 10.6 Å². The molecule has 11 heteroatoms. The van der Waals surface area contributed by atoms with Crippen LogP contribution in [-0.2, 0) is 10.0 Å². The SMILES string of the molecule is CCCN(CCC)CCCNC(=NC)NCC1CCN(S(=O)(=O)C(F)(F)F)CC1. The Hall–Kier alpha value is -1.07. The van der Waals surface area contributed by atoms with Gasteiger partial charge in [-0.1, -0.05) is 13.8 Å². The Morgan fingerprint density at radius 1 is 1.10 bits per heavy atom. The van der Waals surface area contributed by atoms with Gasteiger partial charge in [-0.25, -0.2) is 8.42 Å². The molecule has 0 aromatic heterocycles. The molecule has 1 rings (SSSR count). The number of rotatable bonds is 11. The van der Waals surface area contributed by atoms with E-state index in [2.05, 4.69) is 34.4 Å². The molecular formula is C18H36F3N5O2S. The monoisotopic (exact) mass is 443 g/mol. The standard InChI is InChI=1S/C18H36F3N5O2S/c1-4-10-25(11-5-2)12-6-9-23-17(22-3)24-15-16-7-13-26(14-8-16)29(27,28)18(19,20)21/h16H,4-15H2,1-3H3,(H2,22,23,24). The maximum absolute atomic E-state index is 12.6. The molecule has 0 amide bonds. The fourth-order valence-corrected chi connectivity index (χ4v) is 4.42. The zero-order chi connectivity index (χ0) is 21.9. The number of hydrogen-bond donors (Lipinski definition) is 2. The van der Waals surface area contributed by atoms with Crippen molar-refractivity contribution in [3.8, 4) is 0 Å². The quantitative estimate of drug-likeness (QED) is 0.291. The van der Waals surface area contributed by atoms with E-state index in [4.69, 9.17) is 0 Å². The first kappa shape index (κ1) is 26.0. The maximum Gasteiger partial charge on any atom is 0.511 e. The second-order valence-electron chi connectivity index (χ2n) is 7.37. The summed E-state index contributed by atoms with van der Waals surface area (Å²) in [6, 6.07) is 0. The molecule has 2 N–H and O–H groups in total. The number of alkyl halides is 3. The molecule has 1 saturated heterocycles. The van der Waals surface area contributed by atoms with Gasteiger partial charge in [0.25, 0.3) is 0 Å². The summed E-state index contributed by atoms with van der Waals surface area (Å²) in [6.45, 7) is 8.70. The third-order valence-electron chi connectivity index (χ3n) is 5.01. The van der Waals surface area contributed by atoms with Crippen LogP contribution in [0.2, 0.25) is 0 Å². The molecule has 0 atom stereocenters. The lowest BCUT2D eigenvalue weighted by Crippen LogP contribution is -2.47. The summed E-state index contributed by atoms with van der Waals surface area (Å²) < 4.78 is 61.3. The van der Waals surface area contributed by atoms with Crippen molar-refractivity contribution in [2.75, 3.05) is 52.9 Å². The fraction of sp³-hybridized carbons (Fsp3) is 0.944. The van der Waals surface area contributed by atoms with Crippen molar-refractivity contribution >= 4 is 16.0 Å². The fourth-order valence-electron chi connectivity index (χ4n) is 3.44. The second kappa shape index (κ2) is 12.6. The van der Waals surface area contributed by atoms with E-state index in [9.17, 15) is 21.6 Å². The highest BCUT2D eigenvalue weighted by Gasteiger charge is 2.50. The molecule has 0 aromatic carbocycles. The van der Waals surface area contributed by atoms with Crippen molar-refractivity contribution < 1.29 is 21.6 Å². The zero-order valence-corrected chi connectivity index (χ0v) is 18.6. The van der Waals surface area contributed by atoms with Crippen LogP contribution in [0.5, 0.6) is 0 Å². The van der Waals surface area contributed by atoms with Gasteiger partial charge in [-0.15, -0.1) is 0 Å². The van der Waals surface area contributed by atoms with Crippen LogP contribution in [0, 0.1) is 5.92 Å². The third kappa shape index (κ3) is 8.67. The summed E-state index contributed by atoms with van der Waals surface area (Å²) in [5.74, 6) is 0.769. The van der Waals surface area contributed by atoms with Crippen LogP contribution in [0.3, 0.4) is 0 Å². The highest BCUT2D eigenvalue weighted by atomic mass is 32.2. The third-order valence-corrected chi connectivity index (χ3v) is 6.64. The van der Waals surface area contributed by atoms with Gasteiger partial charge in [-0.2, -0.15) is 17.5 Å². The average molecular weight is 444 g/mol.